The Bertz CT molecular complexity index is 431. The van der Waals surface area contributed by atoms with Gasteiger partial charge in [0, 0.05) is 19.7 Å². The van der Waals surface area contributed by atoms with E-state index in [0.717, 1.165) is 6.54 Å². The largest absolute Gasteiger partial charge is 0.476 e. The number of ether oxygens (including phenoxy) is 1. The van der Waals surface area contributed by atoms with Crippen LogP contribution in [0.15, 0.2) is 12.4 Å². The van der Waals surface area contributed by atoms with Crippen molar-refractivity contribution < 1.29 is 14.6 Å². The first kappa shape index (κ1) is 13.7. The summed E-state index contributed by atoms with van der Waals surface area (Å²) in [4.78, 5) is 21.0. The maximum atomic E-state index is 10.8. The van der Waals surface area contributed by atoms with E-state index in [0.29, 0.717) is 24.4 Å². The lowest BCUT2D eigenvalue weighted by molar-refractivity contribution is 0.0690. The summed E-state index contributed by atoms with van der Waals surface area (Å²) in [5.41, 5.74) is -0.0329. The number of hydrogen-bond donors (Lipinski definition) is 1. The SMILES string of the molecule is COCCN(c1cnc(C(=O)O)cn1)C(C)C1CC1. The molecule has 6 nitrogen and oxygen atoms in total. The second-order valence-corrected chi connectivity index (χ2v) is 4.83. The average molecular weight is 265 g/mol. The van der Waals surface area contributed by atoms with E-state index in [1.165, 1.54) is 25.2 Å². The van der Waals surface area contributed by atoms with Gasteiger partial charge in [-0.3, -0.25) is 0 Å². The molecule has 1 N–H and O–H groups in total. The third kappa shape index (κ3) is 3.41. The summed E-state index contributed by atoms with van der Waals surface area (Å²) in [6.45, 7) is 3.51. The maximum Gasteiger partial charge on any atom is 0.356 e. The normalized spacial score (nSPS) is 16.1. The van der Waals surface area contributed by atoms with E-state index in [1.807, 2.05) is 0 Å². The smallest absolute Gasteiger partial charge is 0.356 e. The second-order valence-electron chi connectivity index (χ2n) is 4.83. The Hall–Kier alpha value is -1.69. The number of methoxy groups -OCH3 is 1. The van der Waals surface area contributed by atoms with Crippen LogP contribution in [0.25, 0.3) is 0 Å². The number of hydrogen-bond acceptors (Lipinski definition) is 5. The van der Waals surface area contributed by atoms with Crippen LogP contribution < -0.4 is 4.90 Å². The monoisotopic (exact) mass is 265 g/mol. The molecular formula is C13H19N3O3. The molecule has 6 heteroatoms. The van der Waals surface area contributed by atoms with E-state index in [-0.39, 0.29) is 5.69 Å². The molecule has 0 spiro atoms. The van der Waals surface area contributed by atoms with Crippen LogP contribution in [0, 0.1) is 5.92 Å². The van der Waals surface area contributed by atoms with Crippen molar-refractivity contribution in [3.8, 4) is 0 Å². The molecule has 1 aliphatic rings. The summed E-state index contributed by atoms with van der Waals surface area (Å²) < 4.78 is 5.12. The van der Waals surface area contributed by atoms with Gasteiger partial charge >= 0.3 is 5.97 Å². The molecule has 0 amide bonds. The van der Waals surface area contributed by atoms with Crippen molar-refractivity contribution in [2.75, 3.05) is 25.2 Å². The number of aromatic nitrogens is 2. The van der Waals surface area contributed by atoms with Crippen LogP contribution in [-0.2, 0) is 4.74 Å². The zero-order chi connectivity index (χ0) is 13.8. The van der Waals surface area contributed by atoms with Crippen molar-refractivity contribution in [3.05, 3.63) is 18.1 Å². The topological polar surface area (TPSA) is 75.5 Å². The number of carboxylic acids is 1. The van der Waals surface area contributed by atoms with Crippen molar-refractivity contribution in [2.45, 2.75) is 25.8 Å². The van der Waals surface area contributed by atoms with Gasteiger partial charge in [-0.1, -0.05) is 0 Å². The summed E-state index contributed by atoms with van der Waals surface area (Å²) in [7, 11) is 1.67. The van der Waals surface area contributed by atoms with E-state index < -0.39 is 5.97 Å². The molecule has 0 aromatic carbocycles. The van der Waals surface area contributed by atoms with Crippen LogP contribution in [0.3, 0.4) is 0 Å². The molecule has 1 aliphatic carbocycles. The van der Waals surface area contributed by atoms with Crippen LogP contribution >= 0.6 is 0 Å². The molecule has 0 radical (unpaired) electrons. The molecule has 19 heavy (non-hydrogen) atoms. The lowest BCUT2D eigenvalue weighted by Gasteiger charge is -2.30. The third-order valence-electron chi connectivity index (χ3n) is 3.48. The van der Waals surface area contributed by atoms with Crippen molar-refractivity contribution in [3.63, 3.8) is 0 Å². The van der Waals surface area contributed by atoms with Gasteiger partial charge < -0.3 is 14.7 Å². The maximum absolute atomic E-state index is 10.8. The Morgan fingerprint density at radius 3 is 2.74 bits per heavy atom. The summed E-state index contributed by atoms with van der Waals surface area (Å²) in [5.74, 6) is 0.344. The third-order valence-corrected chi connectivity index (χ3v) is 3.48. The fourth-order valence-electron chi connectivity index (χ4n) is 2.13. The standard InChI is InChI=1S/C13H19N3O3/c1-9(10-3-4-10)16(5-6-19-2)12-8-14-11(7-15-12)13(17)18/h7-10H,3-6H2,1-2H3,(H,17,18). The minimum atomic E-state index is -1.06. The van der Waals surface area contributed by atoms with Gasteiger partial charge in [0.1, 0.15) is 5.82 Å². The van der Waals surface area contributed by atoms with Crippen LogP contribution in [0.1, 0.15) is 30.3 Å². The highest BCUT2D eigenvalue weighted by Crippen LogP contribution is 2.36. The van der Waals surface area contributed by atoms with Crippen molar-refractivity contribution in [2.24, 2.45) is 5.92 Å². The van der Waals surface area contributed by atoms with Crippen molar-refractivity contribution in [1.29, 1.82) is 0 Å². The molecule has 1 aromatic heterocycles. The molecule has 104 valence electrons. The van der Waals surface area contributed by atoms with Gasteiger partial charge in [-0.2, -0.15) is 0 Å². The lowest BCUT2D eigenvalue weighted by Crippen LogP contribution is -2.38. The summed E-state index contributed by atoms with van der Waals surface area (Å²) >= 11 is 0. The van der Waals surface area contributed by atoms with E-state index >= 15 is 0 Å². The molecule has 1 saturated carbocycles. The van der Waals surface area contributed by atoms with Crippen LogP contribution in [0.4, 0.5) is 5.82 Å². The van der Waals surface area contributed by atoms with E-state index in [1.54, 1.807) is 7.11 Å². The molecule has 1 atom stereocenters. The second kappa shape index (κ2) is 5.97. The molecule has 2 rings (SSSR count). The van der Waals surface area contributed by atoms with Gasteiger partial charge in [-0.25, -0.2) is 14.8 Å². The molecule has 1 aromatic rings. The predicted octanol–water partition coefficient (Wildman–Crippen LogP) is 1.43. The molecule has 0 bridgehead atoms. The number of nitrogens with zero attached hydrogens (tertiary/aromatic N) is 3. The van der Waals surface area contributed by atoms with Crippen LogP contribution in [0.5, 0.6) is 0 Å². The average Bonchev–Trinajstić information content (AvgIpc) is 3.23. The molecule has 0 saturated heterocycles. The molecule has 1 heterocycles. The van der Waals surface area contributed by atoms with Gasteiger partial charge in [-0.15, -0.1) is 0 Å². The highest BCUT2D eigenvalue weighted by molar-refractivity contribution is 5.84. The Balaban J connectivity index is 2.13. The zero-order valence-electron chi connectivity index (χ0n) is 11.2. The van der Waals surface area contributed by atoms with E-state index in [4.69, 9.17) is 9.84 Å². The van der Waals surface area contributed by atoms with Gasteiger partial charge in [0.05, 0.1) is 19.0 Å². The molecule has 1 unspecified atom stereocenters. The van der Waals surface area contributed by atoms with E-state index in [9.17, 15) is 4.79 Å². The Kier molecular flexibility index (Phi) is 4.31. The molecule has 1 fully saturated rings. The number of anilines is 1. The highest BCUT2D eigenvalue weighted by Gasteiger charge is 2.32. The Morgan fingerprint density at radius 2 is 2.26 bits per heavy atom. The fraction of sp³-hybridized carbons (Fsp3) is 0.615. The lowest BCUT2D eigenvalue weighted by atomic mass is 10.2. The zero-order valence-corrected chi connectivity index (χ0v) is 11.2. The van der Waals surface area contributed by atoms with Crippen molar-refractivity contribution >= 4 is 11.8 Å². The summed E-state index contributed by atoms with van der Waals surface area (Å²) in [6, 6.07) is 0.375. The van der Waals surface area contributed by atoms with Crippen LogP contribution in [0.2, 0.25) is 0 Å². The van der Waals surface area contributed by atoms with E-state index in [2.05, 4.69) is 21.8 Å². The summed E-state index contributed by atoms with van der Waals surface area (Å²) in [5, 5.41) is 8.83. The Labute approximate surface area is 112 Å². The quantitative estimate of drug-likeness (QED) is 0.803. The first-order chi connectivity index (χ1) is 9.13. The fourth-order valence-corrected chi connectivity index (χ4v) is 2.13. The number of carboxylic acid groups (broad SMARTS) is 1. The minimum absolute atomic E-state index is 0.0329. The van der Waals surface area contributed by atoms with Gasteiger partial charge in [0.2, 0.25) is 0 Å². The first-order valence-electron chi connectivity index (χ1n) is 6.44. The first-order valence-corrected chi connectivity index (χ1v) is 6.44. The number of rotatable bonds is 7. The molecule has 0 aliphatic heterocycles. The minimum Gasteiger partial charge on any atom is -0.476 e. The van der Waals surface area contributed by atoms with Gasteiger partial charge in [0.25, 0.3) is 0 Å². The van der Waals surface area contributed by atoms with Crippen molar-refractivity contribution in [1.82, 2.24) is 9.97 Å². The Morgan fingerprint density at radius 1 is 1.53 bits per heavy atom. The van der Waals surface area contributed by atoms with Gasteiger partial charge in [0.15, 0.2) is 5.69 Å². The highest BCUT2D eigenvalue weighted by atomic mass is 16.5. The predicted molar refractivity (Wildman–Crippen MR) is 70.4 cm³/mol. The summed E-state index contributed by atoms with van der Waals surface area (Å²) in [6.07, 6.45) is 5.31. The number of carbonyl (C=O) groups is 1. The van der Waals surface area contributed by atoms with Crippen LogP contribution in [-0.4, -0.2) is 47.3 Å². The molecular weight excluding hydrogens is 246 g/mol. The van der Waals surface area contributed by atoms with Gasteiger partial charge in [-0.05, 0) is 25.7 Å². The number of aromatic carboxylic acids is 1.